The molecule has 0 saturated carbocycles. The number of carbonyl (C=O) groups excluding carboxylic acids is 1. The number of ether oxygens (including phenoxy) is 3. The molecular weight excluding hydrogens is 156 g/mol. The zero-order valence-electron chi connectivity index (χ0n) is 5.90. The lowest BCUT2D eigenvalue weighted by Crippen LogP contribution is -2.12. The lowest BCUT2D eigenvalue weighted by atomic mass is 10.8. The van der Waals surface area contributed by atoms with E-state index in [1.165, 1.54) is 0 Å². The molecule has 0 aromatic carbocycles. The number of carboxylic acid groups (broad SMARTS) is 1. The summed E-state index contributed by atoms with van der Waals surface area (Å²) >= 11 is 0. The molecule has 0 spiro atoms. The molecule has 11 heavy (non-hydrogen) atoms. The average Bonchev–Trinajstić information content (AvgIpc) is 1.97. The largest absolute Gasteiger partial charge is 0.508 e. The van der Waals surface area contributed by atoms with Gasteiger partial charge in [-0.05, 0) is 0 Å². The van der Waals surface area contributed by atoms with Gasteiger partial charge in [0.2, 0.25) is 0 Å². The molecule has 0 aromatic rings. The van der Waals surface area contributed by atoms with Crippen LogP contribution in [0.25, 0.3) is 0 Å². The van der Waals surface area contributed by atoms with Gasteiger partial charge in [0.15, 0.2) is 0 Å². The maximum absolute atomic E-state index is 10.2. The van der Waals surface area contributed by atoms with Crippen molar-refractivity contribution in [3.63, 3.8) is 0 Å². The zero-order chi connectivity index (χ0) is 8.69. The minimum absolute atomic E-state index is 0.140. The Hall–Kier alpha value is -1.46. The molecule has 1 N–H and O–H groups in total. The van der Waals surface area contributed by atoms with Gasteiger partial charge in [-0.15, -0.1) is 0 Å². The van der Waals surface area contributed by atoms with Crippen molar-refractivity contribution in [2.24, 2.45) is 0 Å². The number of rotatable bonds is 3. The van der Waals surface area contributed by atoms with Gasteiger partial charge in [0.05, 0.1) is 7.11 Å². The van der Waals surface area contributed by atoms with E-state index >= 15 is 0 Å². The molecule has 0 aliphatic heterocycles. The van der Waals surface area contributed by atoms with Crippen LogP contribution in [-0.2, 0) is 14.2 Å². The molecule has 0 radical (unpaired) electrons. The van der Waals surface area contributed by atoms with Crippen LogP contribution in [0.1, 0.15) is 0 Å². The maximum Gasteiger partial charge on any atom is 0.508 e. The second-order valence-electron chi connectivity index (χ2n) is 1.42. The van der Waals surface area contributed by atoms with Gasteiger partial charge < -0.3 is 19.3 Å². The van der Waals surface area contributed by atoms with Crippen LogP contribution in [0.4, 0.5) is 9.59 Å². The minimum atomic E-state index is -1.40. The molecule has 0 aliphatic rings. The average molecular weight is 164 g/mol. The Bertz CT molecular complexity index is 142. The van der Waals surface area contributed by atoms with Crippen LogP contribution in [0.15, 0.2) is 0 Å². The lowest BCUT2D eigenvalue weighted by Gasteiger charge is -2.01. The predicted molar refractivity (Wildman–Crippen MR) is 32.3 cm³/mol. The van der Waals surface area contributed by atoms with Gasteiger partial charge in [-0.3, -0.25) is 0 Å². The van der Waals surface area contributed by atoms with Crippen molar-refractivity contribution >= 4 is 12.3 Å². The highest BCUT2D eigenvalue weighted by molar-refractivity contribution is 5.59. The Morgan fingerprint density at radius 3 is 2.27 bits per heavy atom. The van der Waals surface area contributed by atoms with Gasteiger partial charge in [-0.2, -0.15) is 0 Å². The van der Waals surface area contributed by atoms with Crippen molar-refractivity contribution in [3.05, 3.63) is 0 Å². The van der Waals surface area contributed by atoms with E-state index in [-0.39, 0.29) is 13.2 Å². The van der Waals surface area contributed by atoms with E-state index in [0.717, 1.165) is 7.11 Å². The van der Waals surface area contributed by atoms with E-state index in [9.17, 15) is 9.59 Å². The second kappa shape index (κ2) is 5.33. The topological polar surface area (TPSA) is 82.1 Å². The fourth-order valence-corrected chi connectivity index (χ4v) is 0.313. The third-order valence-corrected chi connectivity index (χ3v) is 0.695. The van der Waals surface area contributed by atoms with Gasteiger partial charge in [0.25, 0.3) is 0 Å². The quantitative estimate of drug-likeness (QED) is 0.482. The fourth-order valence-electron chi connectivity index (χ4n) is 0.313. The number of hydrogen-bond acceptors (Lipinski definition) is 5. The fraction of sp³-hybridized carbons (Fsp3) is 0.600. The first-order chi connectivity index (χ1) is 5.16. The van der Waals surface area contributed by atoms with E-state index in [0.29, 0.717) is 0 Å². The summed E-state index contributed by atoms with van der Waals surface area (Å²) in [7, 11) is 1.15. The van der Waals surface area contributed by atoms with Gasteiger partial charge in [0, 0.05) is 0 Å². The van der Waals surface area contributed by atoms with Gasteiger partial charge in [-0.1, -0.05) is 0 Å². The normalized spacial score (nSPS) is 8.45. The summed E-state index contributed by atoms with van der Waals surface area (Å²) in [5, 5.41) is 7.94. The number of hydrogen-bond donors (Lipinski definition) is 1. The summed E-state index contributed by atoms with van der Waals surface area (Å²) in [5.74, 6) is 0. The molecule has 0 amide bonds. The summed E-state index contributed by atoms with van der Waals surface area (Å²) in [5.41, 5.74) is 0. The van der Waals surface area contributed by atoms with Crippen LogP contribution in [0.2, 0.25) is 0 Å². The second-order valence-corrected chi connectivity index (χ2v) is 1.42. The SMILES string of the molecule is COC(=O)OCCOC(=O)O. The highest BCUT2D eigenvalue weighted by atomic mass is 16.7. The molecule has 6 heteroatoms. The first kappa shape index (κ1) is 9.54. The maximum atomic E-state index is 10.2. The summed E-state index contributed by atoms with van der Waals surface area (Å²) in [4.78, 5) is 19.9. The highest BCUT2D eigenvalue weighted by Gasteiger charge is 2.00. The summed E-state index contributed by atoms with van der Waals surface area (Å²) in [6, 6.07) is 0. The Morgan fingerprint density at radius 2 is 1.82 bits per heavy atom. The van der Waals surface area contributed by atoms with Gasteiger partial charge in [-0.25, -0.2) is 9.59 Å². The Morgan fingerprint density at radius 1 is 1.27 bits per heavy atom. The molecular formula is C5H8O6. The molecule has 0 atom stereocenters. The Kier molecular flexibility index (Phi) is 4.63. The molecule has 6 nitrogen and oxygen atoms in total. The minimum Gasteiger partial charge on any atom is -0.450 e. The molecule has 0 saturated heterocycles. The monoisotopic (exact) mass is 164 g/mol. The summed E-state index contributed by atoms with van der Waals surface area (Å²) < 4.78 is 12.4. The predicted octanol–water partition coefficient (Wildman–Crippen LogP) is 0.464. The third kappa shape index (κ3) is 6.42. The van der Waals surface area contributed by atoms with Crippen molar-refractivity contribution in [3.8, 4) is 0 Å². The van der Waals surface area contributed by atoms with Gasteiger partial charge in [0.1, 0.15) is 13.2 Å². The Labute approximate surface area is 62.7 Å². The lowest BCUT2D eigenvalue weighted by molar-refractivity contribution is 0.0388. The molecule has 0 fully saturated rings. The van der Waals surface area contributed by atoms with E-state index < -0.39 is 12.3 Å². The molecule has 0 aliphatic carbocycles. The standard InChI is InChI=1S/C5H8O6/c1-9-5(8)11-3-2-10-4(6)7/h2-3H2,1H3,(H,6,7). The molecule has 0 bridgehead atoms. The third-order valence-electron chi connectivity index (χ3n) is 0.695. The molecule has 64 valence electrons. The summed E-state index contributed by atoms with van der Waals surface area (Å²) in [6.45, 7) is -0.330. The number of carbonyl (C=O) groups is 2. The van der Waals surface area contributed by atoms with Crippen molar-refractivity contribution < 1.29 is 28.9 Å². The Balaban J connectivity index is 3.14. The van der Waals surface area contributed by atoms with Crippen molar-refractivity contribution in [1.29, 1.82) is 0 Å². The molecule has 0 rings (SSSR count). The van der Waals surface area contributed by atoms with Crippen molar-refractivity contribution in [2.75, 3.05) is 20.3 Å². The first-order valence-electron chi connectivity index (χ1n) is 2.73. The van der Waals surface area contributed by atoms with E-state index in [1.54, 1.807) is 0 Å². The molecule has 0 unspecified atom stereocenters. The number of methoxy groups -OCH3 is 1. The van der Waals surface area contributed by atoms with Crippen LogP contribution in [0, 0.1) is 0 Å². The van der Waals surface area contributed by atoms with Crippen LogP contribution in [-0.4, -0.2) is 37.7 Å². The van der Waals surface area contributed by atoms with Crippen molar-refractivity contribution in [2.45, 2.75) is 0 Å². The van der Waals surface area contributed by atoms with Gasteiger partial charge >= 0.3 is 12.3 Å². The van der Waals surface area contributed by atoms with Crippen LogP contribution < -0.4 is 0 Å². The van der Waals surface area contributed by atoms with Crippen LogP contribution >= 0.6 is 0 Å². The molecule has 0 aromatic heterocycles. The first-order valence-corrected chi connectivity index (χ1v) is 2.73. The van der Waals surface area contributed by atoms with E-state index in [2.05, 4.69) is 14.2 Å². The smallest absolute Gasteiger partial charge is 0.450 e. The van der Waals surface area contributed by atoms with E-state index in [4.69, 9.17) is 5.11 Å². The zero-order valence-corrected chi connectivity index (χ0v) is 5.90. The van der Waals surface area contributed by atoms with Crippen LogP contribution in [0.5, 0.6) is 0 Å². The van der Waals surface area contributed by atoms with Crippen LogP contribution in [0.3, 0.4) is 0 Å². The van der Waals surface area contributed by atoms with E-state index in [1.807, 2.05) is 0 Å². The highest BCUT2D eigenvalue weighted by Crippen LogP contribution is 1.83. The summed E-state index contributed by atoms with van der Waals surface area (Å²) in [6.07, 6.45) is -2.27. The molecule has 0 heterocycles. The van der Waals surface area contributed by atoms with Crippen molar-refractivity contribution in [1.82, 2.24) is 0 Å².